The highest BCUT2D eigenvalue weighted by Gasteiger charge is 2.13. The summed E-state index contributed by atoms with van der Waals surface area (Å²) < 4.78 is 1.02. The third-order valence-electron chi connectivity index (χ3n) is 4.41. The van der Waals surface area contributed by atoms with Gasteiger partial charge in [-0.05, 0) is 42.8 Å². The van der Waals surface area contributed by atoms with Crippen molar-refractivity contribution in [3.05, 3.63) is 87.9 Å². The standard InChI is InChI=1S/C22H17BrClN3/c1-14(15-5-3-2-4-6-15)25-22-19-12-11-18(24)13-20(19)26-21(27-22)16-7-9-17(23)10-8-16/h2-14H,1H3,(H,25,26,27). The first kappa shape index (κ1) is 18.0. The van der Waals surface area contributed by atoms with E-state index < -0.39 is 0 Å². The van der Waals surface area contributed by atoms with Crippen LogP contribution in [-0.2, 0) is 0 Å². The molecule has 0 bridgehead atoms. The molecule has 3 aromatic carbocycles. The highest BCUT2D eigenvalue weighted by Crippen LogP contribution is 2.30. The number of nitrogens with zero attached hydrogens (tertiary/aromatic N) is 2. The van der Waals surface area contributed by atoms with Crippen molar-refractivity contribution in [2.75, 3.05) is 5.32 Å². The van der Waals surface area contributed by atoms with E-state index >= 15 is 0 Å². The van der Waals surface area contributed by atoms with Gasteiger partial charge in [0.15, 0.2) is 5.82 Å². The molecule has 0 amide bonds. The van der Waals surface area contributed by atoms with Crippen LogP contribution in [0.4, 0.5) is 5.82 Å². The molecule has 1 atom stereocenters. The predicted octanol–water partition coefficient (Wildman–Crippen LogP) is 6.89. The molecular weight excluding hydrogens is 422 g/mol. The Bertz CT molecular complexity index is 1080. The van der Waals surface area contributed by atoms with E-state index in [0.29, 0.717) is 10.8 Å². The molecular formula is C22H17BrClN3. The summed E-state index contributed by atoms with van der Waals surface area (Å²) in [6.07, 6.45) is 0. The molecule has 1 N–H and O–H groups in total. The maximum absolute atomic E-state index is 6.20. The maximum Gasteiger partial charge on any atom is 0.162 e. The zero-order valence-corrected chi connectivity index (χ0v) is 17.0. The van der Waals surface area contributed by atoms with E-state index in [1.54, 1.807) is 0 Å². The van der Waals surface area contributed by atoms with Crippen molar-refractivity contribution in [3.63, 3.8) is 0 Å². The van der Waals surface area contributed by atoms with Crippen LogP contribution in [0.3, 0.4) is 0 Å². The van der Waals surface area contributed by atoms with Gasteiger partial charge in [-0.15, -0.1) is 0 Å². The van der Waals surface area contributed by atoms with Crippen molar-refractivity contribution in [2.24, 2.45) is 0 Å². The van der Waals surface area contributed by atoms with Gasteiger partial charge >= 0.3 is 0 Å². The lowest BCUT2D eigenvalue weighted by Crippen LogP contribution is -2.09. The maximum atomic E-state index is 6.20. The van der Waals surface area contributed by atoms with Gasteiger partial charge in [0, 0.05) is 26.5 Å². The average molecular weight is 439 g/mol. The smallest absolute Gasteiger partial charge is 0.162 e. The van der Waals surface area contributed by atoms with E-state index in [0.717, 1.165) is 26.8 Å². The first-order valence-electron chi connectivity index (χ1n) is 8.65. The van der Waals surface area contributed by atoms with Gasteiger partial charge in [0.05, 0.1) is 5.52 Å². The first-order chi connectivity index (χ1) is 13.1. The fraction of sp³-hybridized carbons (Fsp3) is 0.0909. The first-order valence-corrected chi connectivity index (χ1v) is 9.82. The molecule has 0 radical (unpaired) electrons. The number of nitrogens with one attached hydrogen (secondary N) is 1. The van der Waals surface area contributed by atoms with Crippen molar-refractivity contribution < 1.29 is 0 Å². The summed E-state index contributed by atoms with van der Waals surface area (Å²) in [4.78, 5) is 9.54. The van der Waals surface area contributed by atoms with Crippen molar-refractivity contribution in [1.29, 1.82) is 0 Å². The van der Waals surface area contributed by atoms with E-state index in [1.165, 1.54) is 5.56 Å². The summed E-state index contributed by atoms with van der Waals surface area (Å²) in [5, 5.41) is 5.14. The Labute approximate surface area is 171 Å². The molecule has 1 aromatic heterocycles. The molecule has 0 fully saturated rings. The van der Waals surface area contributed by atoms with Crippen molar-refractivity contribution >= 4 is 44.3 Å². The summed E-state index contributed by atoms with van der Waals surface area (Å²) in [6.45, 7) is 2.12. The Balaban J connectivity index is 1.81. The largest absolute Gasteiger partial charge is 0.363 e. The van der Waals surface area contributed by atoms with Crippen LogP contribution in [0.15, 0.2) is 77.3 Å². The second-order valence-electron chi connectivity index (χ2n) is 6.34. The van der Waals surface area contributed by atoms with Gasteiger partial charge in [-0.2, -0.15) is 0 Å². The summed E-state index contributed by atoms with van der Waals surface area (Å²) in [5.41, 5.74) is 2.97. The molecule has 1 unspecified atom stereocenters. The van der Waals surface area contributed by atoms with E-state index in [4.69, 9.17) is 21.6 Å². The fourth-order valence-corrected chi connectivity index (χ4v) is 3.40. The molecule has 0 saturated heterocycles. The van der Waals surface area contributed by atoms with Crippen molar-refractivity contribution in [2.45, 2.75) is 13.0 Å². The quantitative estimate of drug-likeness (QED) is 0.377. The molecule has 27 heavy (non-hydrogen) atoms. The number of hydrogen-bond acceptors (Lipinski definition) is 3. The normalized spacial score (nSPS) is 12.1. The number of aromatic nitrogens is 2. The predicted molar refractivity (Wildman–Crippen MR) is 116 cm³/mol. The molecule has 0 spiro atoms. The number of fused-ring (bicyclic) bond motifs is 1. The summed E-state index contributed by atoms with van der Waals surface area (Å²) in [6, 6.07) is 24.1. The van der Waals surface area contributed by atoms with Gasteiger partial charge < -0.3 is 5.32 Å². The van der Waals surface area contributed by atoms with Crippen LogP contribution in [0.25, 0.3) is 22.3 Å². The van der Waals surface area contributed by atoms with Gasteiger partial charge in [-0.3, -0.25) is 0 Å². The van der Waals surface area contributed by atoms with Crippen molar-refractivity contribution in [3.8, 4) is 11.4 Å². The molecule has 0 aliphatic rings. The van der Waals surface area contributed by atoms with Crippen LogP contribution in [0, 0.1) is 0 Å². The Morgan fingerprint density at radius 1 is 0.926 bits per heavy atom. The Morgan fingerprint density at radius 2 is 1.67 bits per heavy atom. The van der Waals surface area contributed by atoms with Crippen LogP contribution in [0.2, 0.25) is 5.02 Å². The topological polar surface area (TPSA) is 37.8 Å². The Morgan fingerprint density at radius 3 is 2.41 bits per heavy atom. The molecule has 3 nitrogen and oxygen atoms in total. The molecule has 134 valence electrons. The SMILES string of the molecule is CC(Nc1nc(-c2ccc(Br)cc2)nc2cc(Cl)ccc12)c1ccccc1. The lowest BCUT2D eigenvalue weighted by Gasteiger charge is -2.17. The molecule has 1 heterocycles. The summed E-state index contributed by atoms with van der Waals surface area (Å²) in [7, 11) is 0. The minimum absolute atomic E-state index is 0.109. The van der Waals surface area contributed by atoms with E-state index in [9.17, 15) is 0 Å². The monoisotopic (exact) mass is 437 g/mol. The summed E-state index contributed by atoms with van der Waals surface area (Å²) in [5.74, 6) is 1.46. The van der Waals surface area contributed by atoms with Crippen LogP contribution in [0.1, 0.15) is 18.5 Å². The Kier molecular flexibility index (Phi) is 5.10. The van der Waals surface area contributed by atoms with Crippen LogP contribution >= 0.6 is 27.5 Å². The number of halogens is 2. The minimum Gasteiger partial charge on any atom is -0.363 e. The highest BCUT2D eigenvalue weighted by atomic mass is 79.9. The molecule has 0 aliphatic carbocycles. The van der Waals surface area contributed by atoms with Crippen LogP contribution in [-0.4, -0.2) is 9.97 Å². The van der Waals surface area contributed by atoms with E-state index in [-0.39, 0.29) is 6.04 Å². The Hall–Kier alpha value is -2.43. The number of anilines is 1. The molecule has 0 saturated carbocycles. The van der Waals surface area contributed by atoms with Gasteiger partial charge in [0.25, 0.3) is 0 Å². The zero-order valence-electron chi connectivity index (χ0n) is 14.7. The second-order valence-corrected chi connectivity index (χ2v) is 7.69. The molecule has 5 heteroatoms. The van der Waals surface area contributed by atoms with E-state index in [2.05, 4.69) is 40.3 Å². The van der Waals surface area contributed by atoms with Gasteiger partial charge in [0.2, 0.25) is 0 Å². The fourth-order valence-electron chi connectivity index (χ4n) is 2.97. The van der Waals surface area contributed by atoms with Crippen LogP contribution in [0.5, 0.6) is 0 Å². The highest BCUT2D eigenvalue weighted by molar-refractivity contribution is 9.10. The van der Waals surface area contributed by atoms with Gasteiger partial charge in [0.1, 0.15) is 5.82 Å². The van der Waals surface area contributed by atoms with Gasteiger partial charge in [-0.25, -0.2) is 9.97 Å². The number of benzene rings is 3. The van der Waals surface area contributed by atoms with Crippen LogP contribution < -0.4 is 5.32 Å². The molecule has 0 aliphatic heterocycles. The van der Waals surface area contributed by atoms with E-state index in [1.807, 2.05) is 60.7 Å². The average Bonchev–Trinajstić information content (AvgIpc) is 2.68. The lowest BCUT2D eigenvalue weighted by atomic mass is 10.1. The lowest BCUT2D eigenvalue weighted by molar-refractivity contribution is 0.876. The molecule has 4 aromatic rings. The number of hydrogen-bond donors (Lipinski definition) is 1. The third-order valence-corrected chi connectivity index (χ3v) is 5.18. The van der Waals surface area contributed by atoms with Crippen molar-refractivity contribution in [1.82, 2.24) is 9.97 Å². The number of rotatable bonds is 4. The summed E-state index contributed by atoms with van der Waals surface area (Å²) >= 11 is 9.67. The third kappa shape index (κ3) is 3.97. The minimum atomic E-state index is 0.109. The zero-order chi connectivity index (χ0) is 18.8. The van der Waals surface area contributed by atoms with Gasteiger partial charge in [-0.1, -0.05) is 70.0 Å². The second kappa shape index (κ2) is 7.67. The molecule has 4 rings (SSSR count).